The van der Waals surface area contributed by atoms with E-state index in [2.05, 4.69) is 22.0 Å². The van der Waals surface area contributed by atoms with E-state index >= 15 is 0 Å². The number of halogens is 3. The molecule has 236 valence electrons. The van der Waals surface area contributed by atoms with E-state index in [0.29, 0.717) is 35.1 Å². The summed E-state index contributed by atoms with van der Waals surface area (Å²) in [4.78, 5) is 24.2. The van der Waals surface area contributed by atoms with Gasteiger partial charge in [0.15, 0.2) is 0 Å². The largest absolute Gasteiger partial charge is 0.416 e. The van der Waals surface area contributed by atoms with Crippen LogP contribution in [0.25, 0.3) is 22.2 Å². The Bertz CT molecular complexity index is 1420. The van der Waals surface area contributed by atoms with Crippen molar-refractivity contribution in [2.45, 2.75) is 95.9 Å². The first-order valence-electron chi connectivity index (χ1n) is 16.6. The second kappa shape index (κ2) is 13.6. The highest BCUT2D eigenvalue weighted by Crippen LogP contribution is 2.37. The molecule has 2 aromatic carbocycles. The first-order valence-corrected chi connectivity index (χ1v) is 16.6. The zero-order chi connectivity index (χ0) is 30.7. The van der Waals surface area contributed by atoms with E-state index in [1.165, 1.54) is 57.7 Å². The topological polar surface area (TPSA) is 48.5 Å². The molecule has 1 aromatic heterocycles. The average molecular weight is 607 g/mol. The zero-order valence-electron chi connectivity index (χ0n) is 25.8. The molecule has 2 saturated heterocycles. The number of hydrogen-bond donors (Lipinski definition) is 1. The van der Waals surface area contributed by atoms with Crippen LogP contribution in [-0.4, -0.2) is 59.0 Å². The molecule has 0 unspecified atom stereocenters. The van der Waals surface area contributed by atoms with Gasteiger partial charge in [-0.05, 0) is 89.7 Å². The van der Waals surface area contributed by atoms with Crippen LogP contribution in [0.5, 0.6) is 0 Å². The molecule has 1 saturated carbocycles. The molecule has 3 fully saturated rings. The fourth-order valence-corrected chi connectivity index (χ4v) is 7.71. The first-order chi connectivity index (χ1) is 21.3. The van der Waals surface area contributed by atoms with Crippen molar-refractivity contribution in [2.75, 3.05) is 26.2 Å². The lowest BCUT2D eigenvalue weighted by Gasteiger charge is -2.40. The third kappa shape index (κ3) is 6.96. The first kappa shape index (κ1) is 31.0. The highest BCUT2D eigenvalue weighted by Gasteiger charge is 2.33. The molecule has 8 heteroatoms. The van der Waals surface area contributed by atoms with Crippen LogP contribution in [0.3, 0.4) is 0 Å². The molecule has 6 rings (SSSR count). The van der Waals surface area contributed by atoms with Crippen molar-refractivity contribution in [1.29, 1.82) is 0 Å². The van der Waals surface area contributed by atoms with Gasteiger partial charge < -0.3 is 10.2 Å². The predicted octanol–water partition coefficient (Wildman–Crippen LogP) is 8.07. The van der Waals surface area contributed by atoms with Crippen molar-refractivity contribution in [2.24, 2.45) is 5.92 Å². The van der Waals surface area contributed by atoms with Gasteiger partial charge in [0, 0.05) is 35.1 Å². The van der Waals surface area contributed by atoms with Gasteiger partial charge in [0.2, 0.25) is 0 Å². The molecule has 1 N–H and O–H groups in total. The number of carbonyl (C=O) groups excluding carboxylic acids is 1. The molecule has 3 aliphatic rings. The SMILES string of the molecule is C[C@H](NC(=O)c1c(CN2CCC(N3CCCCC3)CC2)c(-c2ccccc2)nc2cc(C(F)(F)F)ccc12)C1CCCCC1. The maximum Gasteiger partial charge on any atom is 0.416 e. The van der Waals surface area contributed by atoms with E-state index in [-0.39, 0.29) is 17.5 Å². The summed E-state index contributed by atoms with van der Waals surface area (Å²) < 4.78 is 41.4. The minimum absolute atomic E-state index is 0.0197. The molecular formula is C36H45F3N4O. The standard InChI is InChI=1S/C36H45F3N4O/c1-25(26-11-5-2-6-12-26)40-35(44)33-30-16-15-28(36(37,38)39)23-32(30)41-34(27-13-7-3-8-14-27)31(33)24-42-21-17-29(18-22-42)43-19-9-4-10-20-43/h3,7-8,13-16,23,25-26,29H,2,4-6,9-12,17-22,24H2,1H3,(H,40,44)/t25-/m0/s1. The van der Waals surface area contributed by atoms with E-state index in [0.717, 1.165) is 62.0 Å². The number of piperidine rings is 2. The summed E-state index contributed by atoms with van der Waals surface area (Å²) in [6.07, 6.45) is 7.26. The molecule has 3 aromatic rings. The van der Waals surface area contributed by atoms with Crippen molar-refractivity contribution in [3.8, 4) is 11.3 Å². The molecule has 0 spiro atoms. The Morgan fingerprint density at radius 1 is 0.909 bits per heavy atom. The van der Waals surface area contributed by atoms with Gasteiger partial charge >= 0.3 is 6.18 Å². The molecule has 0 bridgehead atoms. The monoisotopic (exact) mass is 606 g/mol. The van der Waals surface area contributed by atoms with Crippen molar-refractivity contribution in [3.63, 3.8) is 0 Å². The molecule has 3 heterocycles. The third-order valence-corrected chi connectivity index (χ3v) is 10.3. The van der Waals surface area contributed by atoms with Crippen LogP contribution in [-0.2, 0) is 12.7 Å². The Labute approximate surface area is 259 Å². The second-order valence-corrected chi connectivity index (χ2v) is 13.2. The van der Waals surface area contributed by atoms with Gasteiger partial charge in [-0.15, -0.1) is 0 Å². The number of benzene rings is 2. The summed E-state index contributed by atoms with van der Waals surface area (Å²) in [7, 11) is 0. The number of rotatable bonds is 7. The highest BCUT2D eigenvalue weighted by atomic mass is 19.4. The van der Waals surface area contributed by atoms with Crippen molar-refractivity contribution < 1.29 is 18.0 Å². The van der Waals surface area contributed by atoms with Gasteiger partial charge in [-0.1, -0.05) is 62.1 Å². The van der Waals surface area contributed by atoms with Crippen molar-refractivity contribution in [1.82, 2.24) is 20.1 Å². The van der Waals surface area contributed by atoms with Crippen LogP contribution in [0, 0.1) is 5.92 Å². The normalized spacial score (nSPS) is 20.5. The van der Waals surface area contributed by atoms with E-state index in [1.54, 1.807) is 0 Å². The van der Waals surface area contributed by atoms with E-state index in [9.17, 15) is 18.0 Å². The van der Waals surface area contributed by atoms with Gasteiger partial charge in [0.25, 0.3) is 5.91 Å². The minimum Gasteiger partial charge on any atom is -0.349 e. The Kier molecular flexibility index (Phi) is 9.57. The zero-order valence-corrected chi connectivity index (χ0v) is 25.8. The summed E-state index contributed by atoms with van der Waals surface area (Å²) in [5, 5.41) is 3.77. The number of nitrogens with zero attached hydrogens (tertiary/aromatic N) is 3. The Morgan fingerprint density at radius 2 is 1.59 bits per heavy atom. The summed E-state index contributed by atoms with van der Waals surface area (Å²) >= 11 is 0. The maximum absolute atomic E-state index is 14.3. The Hall–Kier alpha value is -2.97. The highest BCUT2D eigenvalue weighted by molar-refractivity contribution is 6.09. The number of fused-ring (bicyclic) bond motifs is 1. The number of likely N-dealkylation sites (tertiary alicyclic amines) is 2. The second-order valence-electron chi connectivity index (χ2n) is 13.2. The van der Waals surface area contributed by atoms with Crippen LogP contribution in [0.2, 0.25) is 0 Å². The van der Waals surface area contributed by atoms with Crippen LogP contribution < -0.4 is 5.32 Å². The lowest BCUT2D eigenvalue weighted by Crippen LogP contribution is -2.46. The molecule has 1 amide bonds. The minimum atomic E-state index is -4.50. The lowest BCUT2D eigenvalue weighted by atomic mass is 9.84. The molecular weight excluding hydrogens is 561 g/mol. The molecule has 44 heavy (non-hydrogen) atoms. The van der Waals surface area contributed by atoms with E-state index in [4.69, 9.17) is 4.98 Å². The third-order valence-electron chi connectivity index (χ3n) is 10.3. The van der Waals surface area contributed by atoms with Crippen molar-refractivity contribution >= 4 is 16.8 Å². The summed E-state index contributed by atoms with van der Waals surface area (Å²) in [6.45, 7) is 6.80. The van der Waals surface area contributed by atoms with Crippen LogP contribution in [0.4, 0.5) is 13.2 Å². The fraction of sp³-hybridized carbons (Fsp3) is 0.556. The van der Waals surface area contributed by atoms with Gasteiger partial charge in [-0.2, -0.15) is 13.2 Å². The molecule has 5 nitrogen and oxygen atoms in total. The number of hydrogen-bond acceptors (Lipinski definition) is 4. The van der Waals surface area contributed by atoms with Crippen LogP contribution in [0.15, 0.2) is 48.5 Å². The van der Waals surface area contributed by atoms with Gasteiger partial charge in [-0.3, -0.25) is 9.69 Å². The quantitative estimate of drug-likeness (QED) is 0.296. The number of amides is 1. The van der Waals surface area contributed by atoms with Crippen LogP contribution in [0.1, 0.15) is 92.6 Å². The number of aromatic nitrogens is 1. The van der Waals surface area contributed by atoms with E-state index < -0.39 is 11.7 Å². The smallest absolute Gasteiger partial charge is 0.349 e. The number of nitrogens with one attached hydrogen (secondary N) is 1. The van der Waals surface area contributed by atoms with Crippen LogP contribution >= 0.6 is 0 Å². The molecule has 1 atom stereocenters. The molecule has 0 radical (unpaired) electrons. The van der Waals surface area contributed by atoms with Gasteiger partial charge in [0.1, 0.15) is 0 Å². The maximum atomic E-state index is 14.3. The van der Waals surface area contributed by atoms with Gasteiger partial charge in [-0.25, -0.2) is 4.98 Å². The average Bonchev–Trinajstić information content (AvgIpc) is 3.05. The Balaban J connectivity index is 1.39. The van der Waals surface area contributed by atoms with Gasteiger partial charge in [0.05, 0.1) is 22.3 Å². The van der Waals surface area contributed by atoms with Crippen molar-refractivity contribution in [3.05, 3.63) is 65.2 Å². The van der Waals surface area contributed by atoms with E-state index in [1.807, 2.05) is 30.3 Å². The summed E-state index contributed by atoms with van der Waals surface area (Å²) in [5.74, 6) is 0.189. The fourth-order valence-electron chi connectivity index (χ4n) is 7.71. The molecule has 1 aliphatic carbocycles. The lowest BCUT2D eigenvalue weighted by molar-refractivity contribution is -0.137. The number of pyridine rings is 1. The summed E-state index contributed by atoms with van der Waals surface area (Å²) in [5.41, 5.74) is 2.09. The summed E-state index contributed by atoms with van der Waals surface area (Å²) in [6, 6.07) is 13.8. The Morgan fingerprint density at radius 3 is 2.27 bits per heavy atom. The number of carbonyl (C=O) groups is 1. The molecule has 2 aliphatic heterocycles. The number of alkyl halides is 3. The predicted molar refractivity (Wildman–Crippen MR) is 169 cm³/mol.